The number of hydrogen-bond donors (Lipinski definition) is 0. The van der Waals surface area contributed by atoms with Crippen LogP contribution in [-0.4, -0.2) is 26.7 Å². The van der Waals surface area contributed by atoms with E-state index in [-0.39, 0.29) is 6.10 Å². The third kappa shape index (κ3) is 2.81. The maximum Gasteiger partial charge on any atom is 0.216 e. The summed E-state index contributed by atoms with van der Waals surface area (Å²) in [6, 6.07) is 13.7. The van der Waals surface area contributed by atoms with Crippen molar-refractivity contribution in [1.82, 2.24) is 0 Å². The monoisotopic (exact) mass is 361 g/mol. The fourth-order valence-corrected chi connectivity index (χ4v) is 2.97. The van der Waals surface area contributed by atoms with Crippen LogP contribution in [-0.2, 0) is 4.74 Å². The van der Waals surface area contributed by atoms with Crippen molar-refractivity contribution in [2.45, 2.75) is 6.10 Å². The lowest BCUT2D eigenvalue weighted by Crippen LogP contribution is -2.07. The molecule has 0 fully saturated rings. The molecule has 0 spiro atoms. The second-order valence-corrected chi connectivity index (χ2v) is 5.70. The lowest BCUT2D eigenvalue weighted by atomic mass is 10.1. The molecule has 22 heavy (non-hydrogen) atoms. The van der Waals surface area contributed by atoms with Crippen LogP contribution in [0.2, 0.25) is 0 Å². The normalized spacial score (nSPS) is 16.9. The minimum absolute atomic E-state index is 0.135. The predicted molar refractivity (Wildman–Crippen MR) is 88.9 cm³/mol. The summed E-state index contributed by atoms with van der Waals surface area (Å²) in [5.41, 5.74) is 1.98. The van der Waals surface area contributed by atoms with Crippen LogP contribution < -0.4 is 9.47 Å². The summed E-state index contributed by atoms with van der Waals surface area (Å²) in [6.45, 7) is 0.582. The molecule has 4 nitrogen and oxygen atoms in total. The van der Waals surface area contributed by atoms with Gasteiger partial charge in [-0.05, 0) is 24.3 Å². The molecule has 1 aliphatic heterocycles. The highest BCUT2D eigenvalue weighted by molar-refractivity contribution is 9.10. The Hall–Kier alpha value is -2.01. The summed E-state index contributed by atoms with van der Waals surface area (Å²) < 4.78 is 17.6. The molecule has 5 heteroatoms. The molecule has 114 valence electrons. The maximum absolute atomic E-state index is 6.01. The molecule has 1 unspecified atom stereocenters. The van der Waals surface area contributed by atoms with Crippen LogP contribution in [0.4, 0.5) is 0 Å². The fourth-order valence-electron chi connectivity index (χ4n) is 2.39. The van der Waals surface area contributed by atoms with Gasteiger partial charge in [-0.15, -0.1) is 0 Å². The zero-order valence-corrected chi connectivity index (χ0v) is 14.0. The van der Waals surface area contributed by atoms with Crippen molar-refractivity contribution in [2.24, 2.45) is 4.99 Å². The largest absolute Gasteiger partial charge is 0.493 e. The Bertz CT molecular complexity index is 701. The van der Waals surface area contributed by atoms with Gasteiger partial charge in [0.05, 0.1) is 20.8 Å². The second-order valence-electron chi connectivity index (χ2n) is 4.85. The van der Waals surface area contributed by atoms with Crippen LogP contribution in [0.25, 0.3) is 0 Å². The fraction of sp³-hybridized carbons (Fsp3) is 0.235. The van der Waals surface area contributed by atoms with E-state index in [4.69, 9.17) is 14.2 Å². The predicted octanol–water partition coefficient (Wildman–Crippen LogP) is 3.98. The number of benzene rings is 2. The molecule has 0 saturated carbocycles. The van der Waals surface area contributed by atoms with Crippen molar-refractivity contribution >= 4 is 21.8 Å². The molecule has 1 atom stereocenters. The molecule has 1 aliphatic rings. The Morgan fingerprint density at radius 3 is 2.45 bits per heavy atom. The first-order valence-electron chi connectivity index (χ1n) is 6.91. The average molecular weight is 362 g/mol. The topological polar surface area (TPSA) is 40.0 Å². The van der Waals surface area contributed by atoms with Gasteiger partial charge in [-0.1, -0.05) is 34.1 Å². The molecule has 3 rings (SSSR count). The SMILES string of the molecule is COc1cc(Br)c(C2CN=C(c3ccccc3)O2)cc1OC. The zero-order chi connectivity index (χ0) is 15.5. The van der Waals surface area contributed by atoms with Crippen molar-refractivity contribution in [1.29, 1.82) is 0 Å². The summed E-state index contributed by atoms with van der Waals surface area (Å²) in [4.78, 5) is 4.50. The third-order valence-electron chi connectivity index (χ3n) is 3.53. The van der Waals surface area contributed by atoms with E-state index in [9.17, 15) is 0 Å². The third-order valence-corrected chi connectivity index (χ3v) is 4.21. The van der Waals surface area contributed by atoms with Crippen molar-refractivity contribution in [3.63, 3.8) is 0 Å². The Labute approximate surface area is 137 Å². The van der Waals surface area contributed by atoms with Gasteiger partial charge in [0.1, 0.15) is 6.10 Å². The number of nitrogens with zero attached hydrogens (tertiary/aromatic N) is 1. The standard InChI is InChI=1S/C17H16BrNO3/c1-20-14-8-12(13(18)9-15(14)21-2)16-10-19-17(22-16)11-6-4-3-5-7-11/h3-9,16H,10H2,1-2H3. The molecule has 0 aromatic heterocycles. The van der Waals surface area contributed by atoms with E-state index in [0.717, 1.165) is 15.6 Å². The number of aliphatic imine (C=N–C) groups is 1. The van der Waals surface area contributed by atoms with Crippen LogP contribution in [0, 0.1) is 0 Å². The quantitative estimate of drug-likeness (QED) is 0.826. The van der Waals surface area contributed by atoms with Gasteiger partial charge in [0.25, 0.3) is 0 Å². The lowest BCUT2D eigenvalue weighted by molar-refractivity contribution is 0.228. The van der Waals surface area contributed by atoms with Crippen LogP contribution in [0.1, 0.15) is 17.2 Å². The van der Waals surface area contributed by atoms with Crippen LogP contribution in [0.3, 0.4) is 0 Å². The summed E-state index contributed by atoms with van der Waals surface area (Å²) >= 11 is 3.57. The smallest absolute Gasteiger partial charge is 0.216 e. The summed E-state index contributed by atoms with van der Waals surface area (Å²) in [5.74, 6) is 2.03. The molecule has 0 aliphatic carbocycles. The highest BCUT2D eigenvalue weighted by atomic mass is 79.9. The van der Waals surface area contributed by atoms with Crippen LogP contribution >= 0.6 is 15.9 Å². The molecular formula is C17H16BrNO3. The van der Waals surface area contributed by atoms with E-state index < -0.39 is 0 Å². The molecule has 0 saturated heterocycles. The van der Waals surface area contributed by atoms with E-state index in [1.807, 2.05) is 42.5 Å². The Morgan fingerprint density at radius 2 is 1.77 bits per heavy atom. The van der Waals surface area contributed by atoms with Gasteiger partial charge >= 0.3 is 0 Å². The van der Waals surface area contributed by atoms with Crippen LogP contribution in [0.15, 0.2) is 51.9 Å². The molecule has 0 amide bonds. The number of rotatable bonds is 4. The first-order chi connectivity index (χ1) is 10.7. The van der Waals surface area contributed by atoms with Crippen LogP contribution in [0.5, 0.6) is 11.5 Å². The van der Waals surface area contributed by atoms with Gasteiger partial charge in [-0.25, -0.2) is 4.99 Å². The first-order valence-corrected chi connectivity index (χ1v) is 7.70. The molecule has 1 heterocycles. The minimum atomic E-state index is -0.135. The summed E-state index contributed by atoms with van der Waals surface area (Å²) in [5, 5.41) is 0. The van der Waals surface area contributed by atoms with Gasteiger partial charge in [-0.3, -0.25) is 0 Å². The van der Waals surface area contributed by atoms with Crippen molar-refractivity contribution in [3.05, 3.63) is 58.1 Å². The van der Waals surface area contributed by atoms with Crippen molar-refractivity contribution in [2.75, 3.05) is 20.8 Å². The minimum Gasteiger partial charge on any atom is -0.493 e. The summed E-state index contributed by atoms with van der Waals surface area (Å²) in [6.07, 6.45) is -0.135. The van der Waals surface area contributed by atoms with Crippen molar-refractivity contribution < 1.29 is 14.2 Å². The molecule has 0 N–H and O–H groups in total. The Kier molecular flexibility index (Phi) is 4.34. The first kappa shape index (κ1) is 14.9. The Balaban J connectivity index is 1.85. The highest BCUT2D eigenvalue weighted by Crippen LogP contribution is 2.38. The molecule has 2 aromatic rings. The molecule has 0 bridgehead atoms. The number of halogens is 1. The van der Waals surface area contributed by atoms with E-state index in [2.05, 4.69) is 20.9 Å². The number of methoxy groups -OCH3 is 2. The van der Waals surface area contributed by atoms with Gasteiger partial charge in [0.15, 0.2) is 11.5 Å². The molecule has 2 aromatic carbocycles. The summed E-state index contributed by atoms with van der Waals surface area (Å²) in [7, 11) is 3.24. The maximum atomic E-state index is 6.01. The second kappa shape index (κ2) is 6.40. The van der Waals surface area contributed by atoms with Gasteiger partial charge in [-0.2, -0.15) is 0 Å². The molecule has 0 radical (unpaired) electrons. The van der Waals surface area contributed by atoms with Gasteiger partial charge in [0.2, 0.25) is 5.90 Å². The number of ether oxygens (including phenoxy) is 3. The highest BCUT2D eigenvalue weighted by Gasteiger charge is 2.26. The van der Waals surface area contributed by atoms with E-state index >= 15 is 0 Å². The average Bonchev–Trinajstić information content (AvgIpc) is 3.05. The Morgan fingerprint density at radius 1 is 1.09 bits per heavy atom. The molecular weight excluding hydrogens is 346 g/mol. The van der Waals surface area contributed by atoms with Gasteiger partial charge in [0, 0.05) is 15.6 Å². The van der Waals surface area contributed by atoms with E-state index in [0.29, 0.717) is 23.9 Å². The van der Waals surface area contributed by atoms with E-state index in [1.54, 1.807) is 14.2 Å². The van der Waals surface area contributed by atoms with Crippen molar-refractivity contribution in [3.8, 4) is 11.5 Å². The number of hydrogen-bond acceptors (Lipinski definition) is 4. The lowest BCUT2D eigenvalue weighted by Gasteiger charge is -2.16. The van der Waals surface area contributed by atoms with E-state index in [1.165, 1.54) is 0 Å². The zero-order valence-electron chi connectivity index (χ0n) is 12.4. The van der Waals surface area contributed by atoms with Gasteiger partial charge < -0.3 is 14.2 Å².